The van der Waals surface area contributed by atoms with Crippen molar-refractivity contribution >= 4 is 5.91 Å². The van der Waals surface area contributed by atoms with E-state index in [2.05, 4.69) is 18.7 Å². The van der Waals surface area contributed by atoms with E-state index >= 15 is 0 Å². The predicted molar refractivity (Wildman–Crippen MR) is 69.5 cm³/mol. The average molecular weight is 238 g/mol. The number of hydrogen-bond acceptors (Lipinski definition) is 2. The Bertz CT molecular complexity index is 279. The predicted octanol–water partition coefficient (Wildman–Crippen LogP) is 2.15. The number of carbonyl (C=O) groups is 1. The van der Waals surface area contributed by atoms with E-state index in [1.165, 1.54) is 12.8 Å². The van der Waals surface area contributed by atoms with Crippen molar-refractivity contribution < 1.29 is 4.79 Å². The van der Waals surface area contributed by atoms with Crippen molar-refractivity contribution in [2.45, 2.75) is 64.5 Å². The Labute approximate surface area is 105 Å². The van der Waals surface area contributed by atoms with E-state index in [0.717, 1.165) is 32.2 Å². The Kier molecular flexibility index (Phi) is 4.08. The van der Waals surface area contributed by atoms with Gasteiger partial charge in [-0.3, -0.25) is 4.79 Å². The quantitative estimate of drug-likeness (QED) is 0.801. The van der Waals surface area contributed by atoms with Crippen LogP contribution in [0.3, 0.4) is 0 Å². The molecule has 3 nitrogen and oxygen atoms in total. The summed E-state index contributed by atoms with van der Waals surface area (Å²) in [7, 11) is 0. The van der Waals surface area contributed by atoms with Crippen LogP contribution in [-0.4, -0.2) is 29.4 Å². The maximum Gasteiger partial charge on any atom is 0.225 e. The zero-order valence-electron chi connectivity index (χ0n) is 11.2. The second-order valence-electron chi connectivity index (χ2n) is 5.89. The smallest absolute Gasteiger partial charge is 0.225 e. The molecule has 0 radical (unpaired) electrons. The molecule has 3 heteroatoms. The molecule has 1 amide bonds. The number of amides is 1. The van der Waals surface area contributed by atoms with Gasteiger partial charge in [0.25, 0.3) is 0 Å². The molecule has 17 heavy (non-hydrogen) atoms. The Morgan fingerprint density at radius 1 is 1.35 bits per heavy atom. The highest BCUT2D eigenvalue weighted by atomic mass is 16.2. The molecule has 1 aliphatic carbocycles. The van der Waals surface area contributed by atoms with Gasteiger partial charge in [-0.2, -0.15) is 0 Å². The summed E-state index contributed by atoms with van der Waals surface area (Å²) < 4.78 is 0. The molecule has 2 rings (SSSR count). The molecule has 2 N–H and O–H groups in total. The lowest BCUT2D eigenvalue weighted by atomic mass is 9.78. The monoisotopic (exact) mass is 238 g/mol. The zero-order chi connectivity index (χ0) is 12.4. The summed E-state index contributed by atoms with van der Waals surface area (Å²) in [5, 5.41) is 0. The van der Waals surface area contributed by atoms with Crippen molar-refractivity contribution in [3.8, 4) is 0 Å². The third kappa shape index (κ3) is 2.65. The molecule has 2 fully saturated rings. The number of carbonyl (C=O) groups excluding carboxylic acids is 1. The number of nitrogens with zero attached hydrogens (tertiary/aromatic N) is 1. The first-order valence-electron chi connectivity index (χ1n) is 7.19. The standard InChI is InChI=1S/C14H26N2O/c1-3-12-5-4-8-16(12)14(17)11-6-7-13(15)10(2)9-11/h10-13H,3-9,15H2,1-2H3. The first kappa shape index (κ1) is 12.9. The SMILES string of the molecule is CCC1CCCN1C(=O)C1CCC(N)C(C)C1. The minimum Gasteiger partial charge on any atom is -0.339 e. The largest absolute Gasteiger partial charge is 0.339 e. The first-order valence-corrected chi connectivity index (χ1v) is 7.19. The van der Waals surface area contributed by atoms with Crippen LogP contribution in [-0.2, 0) is 4.79 Å². The van der Waals surface area contributed by atoms with E-state index in [1.807, 2.05) is 0 Å². The normalized spacial score (nSPS) is 38.4. The van der Waals surface area contributed by atoms with Crippen LogP contribution in [0.5, 0.6) is 0 Å². The Balaban J connectivity index is 1.95. The van der Waals surface area contributed by atoms with Crippen LogP contribution in [0, 0.1) is 11.8 Å². The number of hydrogen-bond donors (Lipinski definition) is 1. The van der Waals surface area contributed by atoms with Gasteiger partial charge in [0.2, 0.25) is 5.91 Å². The van der Waals surface area contributed by atoms with Crippen molar-refractivity contribution in [1.29, 1.82) is 0 Å². The lowest BCUT2D eigenvalue weighted by molar-refractivity contribution is -0.138. The van der Waals surface area contributed by atoms with E-state index < -0.39 is 0 Å². The zero-order valence-corrected chi connectivity index (χ0v) is 11.2. The molecule has 4 atom stereocenters. The van der Waals surface area contributed by atoms with Gasteiger partial charge in [-0.05, 0) is 44.4 Å². The minimum atomic E-state index is 0.247. The fourth-order valence-electron chi connectivity index (χ4n) is 3.43. The molecule has 1 heterocycles. The first-order chi connectivity index (χ1) is 8.13. The van der Waals surface area contributed by atoms with Gasteiger partial charge in [0.1, 0.15) is 0 Å². The fourth-order valence-corrected chi connectivity index (χ4v) is 3.43. The van der Waals surface area contributed by atoms with Gasteiger partial charge in [-0.1, -0.05) is 13.8 Å². The summed E-state index contributed by atoms with van der Waals surface area (Å²) in [4.78, 5) is 14.7. The molecule has 4 unspecified atom stereocenters. The van der Waals surface area contributed by atoms with Crippen LogP contribution in [0.1, 0.15) is 52.4 Å². The molecule has 0 bridgehead atoms. The highest BCUT2D eigenvalue weighted by Gasteiger charge is 2.35. The van der Waals surface area contributed by atoms with E-state index in [4.69, 9.17) is 5.73 Å². The van der Waals surface area contributed by atoms with Crippen LogP contribution >= 0.6 is 0 Å². The molecule has 1 saturated carbocycles. The van der Waals surface area contributed by atoms with Gasteiger partial charge in [0.05, 0.1) is 0 Å². The molecule has 1 saturated heterocycles. The van der Waals surface area contributed by atoms with Crippen LogP contribution in [0.4, 0.5) is 0 Å². The maximum atomic E-state index is 12.5. The molecular formula is C14H26N2O. The van der Waals surface area contributed by atoms with Crippen molar-refractivity contribution in [1.82, 2.24) is 4.90 Å². The molecule has 0 aromatic rings. The number of likely N-dealkylation sites (tertiary alicyclic amines) is 1. The van der Waals surface area contributed by atoms with Gasteiger partial charge in [-0.25, -0.2) is 0 Å². The highest BCUT2D eigenvalue weighted by Crippen LogP contribution is 2.32. The van der Waals surface area contributed by atoms with Gasteiger partial charge in [0, 0.05) is 24.5 Å². The number of nitrogens with two attached hydrogens (primary N) is 1. The van der Waals surface area contributed by atoms with E-state index in [9.17, 15) is 4.79 Å². The summed E-state index contributed by atoms with van der Waals surface area (Å²) in [6, 6.07) is 0.813. The summed E-state index contributed by atoms with van der Waals surface area (Å²) >= 11 is 0. The molecule has 1 aliphatic heterocycles. The molecule has 0 aromatic carbocycles. The fraction of sp³-hybridized carbons (Fsp3) is 0.929. The summed E-state index contributed by atoms with van der Waals surface area (Å²) in [5.74, 6) is 1.16. The molecule has 98 valence electrons. The maximum absolute atomic E-state index is 12.5. The van der Waals surface area contributed by atoms with Gasteiger partial charge < -0.3 is 10.6 Å². The third-order valence-electron chi connectivity index (χ3n) is 4.72. The summed E-state index contributed by atoms with van der Waals surface area (Å²) in [5.41, 5.74) is 6.02. The Morgan fingerprint density at radius 2 is 2.12 bits per heavy atom. The summed E-state index contributed by atoms with van der Waals surface area (Å²) in [6.45, 7) is 5.36. The van der Waals surface area contributed by atoms with E-state index in [1.54, 1.807) is 0 Å². The van der Waals surface area contributed by atoms with Crippen molar-refractivity contribution in [3.05, 3.63) is 0 Å². The Hall–Kier alpha value is -0.570. The van der Waals surface area contributed by atoms with Gasteiger partial charge in [0.15, 0.2) is 0 Å². The Morgan fingerprint density at radius 3 is 2.76 bits per heavy atom. The third-order valence-corrected chi connectivity index (χ3v) is 4.72. The van der Waals surface area contributed by atoms with Crippen LogP contribution in [0.2, 0.25) is 0 Å². The van der Waals surface area contributed by atoms with Crippen molar-refractivity contribution in [2.75, 3.05) is 6.54 Å². The van der Waals surface area contributed by atoms with Gasteiger partial charge >= 0.3 is 0 Å². The minimum absolute atomic E-state index is 0.247. The molecule has 2 aliphatic rings. The molecule has 0 spiro atoms. The average Bonchev–Trinajstić information content (AvgIpc) is 2.80. The van der Waals surface area contributed by atoms with E-state index in [0.29, 0.717) is 23.9 Å². The van der Waals surface area contributed by atoms with Crippen molar-refractivity contribution in [3.63, 3.8) is 0 Å². The van der Waals surface area contributed by atoms with E-state index in [-0.39, 0.29) is 5.92 Å². The van der Waals surface area contributed by atoms with Crippen LogP contribution in [0.15, 0.2) is 0 Å². The highest BCUT2D eigenvalue weighted by molar-refractivity contribution is 5.79. The topological polar surface area (TPSA) is 46.3 Å². The van der Waals surface area contributed by atoms with Crippen LogP contribution in [0.25, 0.3) is 0 Å². The second-order valence-corrected chi connectivity index (χ2v) is 5.89. The number of rotatable bonds is 2. The summed E-state index contributed by atoms with van der Waals surface area (Å²) in [6.07, 6.45) is 6.50. The lowest BCUT2D eigenvalue weighted by Gasteiger charge is -2.35. The van der Waals surface area contributed by atoms with Gasteiger partial charge in [-0.15, -0.1) is 0 Å². The lowest BCUT2D eigenvalue weighted by Crippen LogP contribution is -2.44. The van der Waals surface area contributed by atoms with Crippen molar-refractivity contribution in [2.24, 2.45) is 17.6 Å². The van der Waals surface area contributed by atoms with Crippen LogP contribution < -0.4 is 5.73 Å². The molecular weight excluding hydrogens is 212 g/mol. The second kappa shape index (κ2) is 5.38. The molecule has 0 aromatic heterocycles.